The molecule has 0 unspecified atom stereocenters. The second-order valence-electron chi connectivity index (χ2n) is 6.05. The quantitative estimate of drug-likeness (QED) is 0.592. The number of methoxy groups -OCH3 is 3. The van der Waals surface area contributed by atoms with Crippen LogP contribution in [0, 0.1) is 0 Å². The van der Waals surface area contributed by atoms with Crippen LogP contribution in [0.3, 0.4) is 0 Å². The zero-order valence-electron chi connectivity index (χ0n) is 15.7. The van der Waals surface area contributed by atoms with Gasteiger partial charge in [0.05, 0.1) is 25.0 Å². The van der Waals surface area contributed by atoms with Crippen LogP contribution in [0.25, 0.3) is 0 Å². The second-order valence-corrected chi connectivity index (χ2v) is 8.54. The molecule has 0 aromatic heterocycles. The fourth-order valence-electron chi connectivity index (χ4n) is 2.91. The van der Waals surface area contributed by atoms with Gasteiger partial charge in [0, 0.05) is 45.5 Å². The van der Waals surface area contributed by atoms with Crippen LogP contribution in [0.4, 0.5) is 0 Å². The van der Waals surface area contributed by atoms with Gasteiger partial charge in [0.25, 0.3) is 5.91 Å². The number of hydrogen-bond acceptors (Lipinski definition) is 6. The third kappa shape index (κ3) is 5.25. The third-order valence-electron chi connectivity index (χ3n) is 4.35. The summed E-state index contributed by atoms with van der Waals surface area (Å²) in [4.78, 5) is 14.4. The van der Waals surface area contributed by atoms with Crippen LogP contribution in [0.15, 0.2) is 12.1 Å². The summed E-state index contributed by atoms with van der Waals surface area (Å²) in [5.74, 6) is 0.546. The van der Waals surface area contributed by atoms with Crippen LogP contribution >= 0.6 is 11.6 Å². The van der Waals surface area contributed by atoms with Crippen molar-refractivity contribution in [1.29, 1.82) is 0 Å². The molecule has 2 rings (SSSR count). The van der Waals surface area contributed by atoms with Crippen molar-refractivity contribution in [2.45, 2.75) is 6.42 Å². The highest BCUT2D eigenvalue weighted by molar-refractivity contribution is 7.89. The number of amides is 1. The van der Waals surface area contributed by atoms with Gasteiger partial charge in [-0.25, -0.2) is 8.42 Å². The van der Waals surface area contributed by atoms with Crippen molar-refractivity contribution < 1.29 is 27.4 Å². The van der Waals surface area contributed by atoms with Crippen LogP contribution in [0.5, 0.6) is 11.5 Å². The number of carbonyl (C=O) groups is 1. The van der Waals surface area contributed by atoms with Gasteiger partial charge in [-0.3, -0.25) is 4.79 Å². The number of rotatable bonds is 8. The molecule has 1 aliphatic heterocycles. The Balaban J connectivity index is 2.04. The van der Waals surface area contributed by atoms with Gasteiger partial charge >= 0.3 is 0 Å². The van der Waals surface area contributed by atoms with Gasteiger partial charge in [-0.2, -0.15) is 4.31 Å². The summed E-state index contributed by atoms with van der Waals surface area (Å²) >= 11 is 6.17. The Morgan fingerprint density at radius 2 is 1.78 bits per heavy atom. The van der Waals surface area contributed by atoms with E-state index in [0.717, 1.165) is 0 Å². The van der Waals surface area contributed by atoms with E-state index in [1.54, 1.807) is 11.0 Å². The number of benzene rings is 1. The zero-order valence-corrected chi connectivity index (χ0v) is 17.3. The van der Waals surface area contributed by atoms with E-state index in [9.17, 15) is 13.2 Å². The van der Waals surface area contributed by atoms with Crippen molar-refractivity contribution in [1.82, 2.24) is 9.21 Å². The molecule has 1 heterocycles. The fourth-order valence-corrected chi connectivity index (χ4v) is 4.66. The summed E-state index contributed by atoms with van der Waals surface area (Å²) in [7, 11) is 1.14. The molecule has 0 atom stereocenters. The topological polar surface area (TPSA) is 85.4 Å². The third-order valence-corrected chi connectivity index (χ3v) is 6.59. The smallest absolute Gasteiger partial charge is 0.254 e. The Morgan fingerprint density at radius 1 is 1.11 bits per heavy atom. The molecule has 1 aromatic rings. The van der Waals surface area contributed by atoms with E-state index < -0.39 is 10.0 Å². The van der Waals surface area contributed by atoms with Gasteiger partial charge < -0.3 is 19.1 Å². The molecule has 0 N–H and O–H groups in total. The predicted molar refractivity (Wildman–Crippen MR) is 102 cm³/mol. The standard InChI is InChI=1S/C17H25ClN2O6S/c1-24-9-4-10-27(22,23)20-7-5-19(6-8-20)17(21)13-11-14(18)16(26-3)15(12-13)25-2/h11-12H,4-10H2,1-3H3. The monoisotopic (exact) mass is 420 g/mol. The first-order valence-corrected chi connectivity index (χ1v) is 10.5. The highest BCUT2D eigenvalue weighted by Gasteiger charge is 2.29. The molecule has 1 aromatic carbocycles. The summed E-state index contributed by atoms with van der Waals surface area (Å²) in [5, 5.41) is 0.277. The highest BCUT2D eigenvalue weighted by Crippen LogP contribution is 2.36. The molecule has 10 heteroatoms. The lowest BCUT2D eigenvalue weighted by Gasteiger charge is -2.34. The fraction of sp³-hybridized carbons (Fsp3) is 0.588. The number of halogens is 1. The minimum Gasteiger partial charge on any atom is -0.493 e. The lowest BCUT2D eigenvalue weighted by atomic mass is 10.1. The van der Waals surface area contributed by atoms with E-state index in [-0.39, 0.29) is 29.8 Å². The number of piperazine rings is 1. The lowest BCUT2D eigenvalue weighted by Crippen LogP contribution is -2.51. The van der Waals surface area contributed by atoms with Crippen LogP contribution in [-0.4, -0.2) is 83.4 Å². The minimum absolute atomic E-state index is 0.0417. The first-order valence-electron chi connectivity index (χ1n) is 8.51. The van der Waals surface area contributed by atoms with Gasteiger partial charge in [0.15, 0.2) is 11.5 Å². The van der Waals surface area contributed by atoms with Crippen molar-refractivity contribution in [3.8, 4) is 11.5 Å². The number of carbonyl (C=O) groups excluding carboxylic acids is 1. The Bertz CT molecular complexity index is 763. The SMILES string of the molecule is COCCCS(=O)(=O)N1CCN(C(=O)c2cc(Cl)c(OC)c(OC)c2)CC1. The van der Waals surface area contributed by atoms with E-state index in [0.29, 0.717) is 43.2 Å². The Labute approximate surface area is 165 Å². The number of hydrogen-bond donors (Lipinski definition) is 0. The van der Waals surface area contributed by atoms with E-state index in [1.165, 1.54) is 31.7 Å². The van der Waals surface area contributed by atoms with Crippen molar-refractivity contribution >= 4 is 27.5 Å². The summed E-state index contributed by atoms with van der Waals surface area (Å²) < 4.78 is 41.4. The van der Waals surface area contributed by atoms with E-state index in [2.05, 4.69) is 0 Å². The van der Waals surface area contributed by atoms with Gasteiger partial charge in [0.2, 0.25) is 10.0 Å². The van der Waals surface area contributed by atoms with Crippen LogP contribution < -0.4 is 9.47 Å². The molecule has 152 valence electrons. The molecule has 1 amide bonds. The van der Waals surface area contributed by atoms with Gasteiger partial charge in [-0.1, -0.05) is 11.6 Å². The van der Waals surface area contributed by atoms with Crippen molar-refractivity contribution in [3.05, 3.63) is 22.7 Å². The summed E-state index contributed by atoms with van der Waals surface area (Å²) in [6, 6.07) is 3.10. The summed E-state index contributed by atoms with van der Waals surface area (Å²) in [5.41, 5.74) is 0.369. The molecular formula is C17H25ClN2O6S. The Hall–Kier alpha value is -1.55. The van der Waals surface area contributed by atoms with E-state index >= 15 is 0 Å². The number of sulfonamides is 1. The normalized spacial score (nSPS) is 15.6. The van der Waals surface area contributed by atoms with Gasteiger partial charge in [-0.15, -0.1) is 0 Å². The summed E-state index contributed by atoms with van der Waals surface area (Å²) in [6.07, 6.45) is 0.447. The number of nitrogens with zero attached hydrogens (tertiary/aromatic N) is 2. The highest BCUT2D eigenvalue weighted by atomic mass is 35.5. The maximum atomic E-state index is 12.8. The van der Waals surface area contributed by atoms with Gasteiger partial charge in [0.1, 0.15) is 0 Å². The molecular weight excluding hydrogens is 396 g/mol. The summed E-state index contributed by atoms with van der Waals surface area (Å²) in [6.45, 7) is 1.56. The van der Waals surface area contributed by atoms with Crippen molar-refractivity contribution in [3.63, 3.8) is 0 Å². The minimum atomic E-state index is -3.34. The zero-order chi connectivity index (χ0) is 20.0. The molecule has 0 spiro atoms. The van der Waals surface area contributed by atoms with Crippen LogP contribution in [0.1, 0.15) is 16.8 Å². The first kappa shape index (κ1) is 21.7. The Kier molecular flexibility index (Phi) is 7.72. The van der Waals surface area contributed by atoms with Crippen LogP contribution in [0.2, 0.25) is 5.02 Å². The molecule has 0 radical (unpaired) electrons. The van der Waals surface area contributed by atoms with Gasteiger partial charge in [-0.05, 0) is 18.6 Å². The maximum absolute atomic E-state index is 12.8. The van der Waals surface area contributed by atoms with Crippen molar-refractivity contribution in [2.24, 2.45) is 0 Å². The molecule has 1 aliphatic rings. The van der Waals surface area contributed by atoms with E-state index in [1.807, 2.05) is 0 Å². The average Bonchev–Trinajstić information content (AvgIpc) is 2.66. The second kappa shape index (κ2) is 9.59. The molecule has 8 nitrogen and oxygen atoms in total. The molecule has 0 aliphatic carbocycles. The number of ether oxygens (including phenoxy) is 3. The molecule has 1 saturated heterocycles. The Morgan fingerprint density at radius 3 is 2.33 bits per heavy atom. The maximum Gasteiger partial charge on any atom is 0.254 e. The average molecular weight is 421 g/mol. The van der Waals surface area contributed by atoms with E-state index in [4.69, 9.17) is 25.8 Å². The van der Waals surface area contributed by atoms with Crippen LogP contribution in [-0.2, 0) is 14.8 Å². The first-order chi connectivity index (χ1) is 12.8. The molecule has 0 saturated carbocycles. The molecule has 1 fully saturated rings. The predicted octanol–water partition coefficient (Wildman–Crippen LogP) is 1.48. The van der Waals surface area contributed by atoms with Crippen molar-refractivity contribution in [2.75, 3.05) is 59.9 Å². The lowest BCUT2D eigenvalue weighted by molar-refractivity contribution is 0.0697. The largest absolute Gasteiger partial charge is 0.493 e. The molecule has 0 bridgehead atoms. The molecule has 27 heavy (non-hydrogen) atoms.